The number of amides is 1. The molecule has 0 aromatic heterocycles. The molecule has 0 saturated heterocycles. The number of carbonyl (C=O) groups is 2. The second-order valence-electron chi connectivity index (χ2n) is 7.99. The Kier molecular flexibility index (Phi) is 7.02. The van der Waals surface area contributed by atoms with E-state index in [9.17, 15) is 24.8 Å². The average molecular weight is 470 g/mol. The first-order valence-corrected chi connectivity index (χ1v) is 10.9. The molecule has 0 fully saturated rings. The van der Waals surface area contributed by atoms with E-state index in [0.29, 0.717) is 23.5 Å². The number of hydrogen-bond donors (Lipinski definition) is 2. The van der Waals surface area contributed by atoms with Crippen LogP contribution < -0.4 is 10.1 Å². The molecule has 0 bridgehead atoms. The van der Waals surface area contributed by atoms with E-state index in [4.69, 9.17) is 4.74 Å². The van der Waals surface area contributed by atoms with Gasteiger partial charge in [0.25, 0.3) is 11.6 Å². The molecule has 0 aliphatic heterocycles. The smallest absolute Gasteiger partial charge is 0.326 e. The van der Waals surface area contributed by atoms with Crippen molar-refractivity contribution < 1.29 is 24.4 Å². The van der Waals surface area contributed by atoms with E-state index in [1.165, 1.54) is 24.3 Å². The fourth-order valence-corrected chi connectivity index (χ4v) is 3.63. The lowest BCUT2D eigenvalue weighted by molar-refractivity contribution is -0.384. The summed E-state index contributed by atoms with van der Waals surface area (Å²) in [5, 5.41) is 24.6. The first-order valence-electron chi connectivity index (χ1n) is 10.9. The van der Waals surface area contributed by atoms with Crippen molar-refractivity contribution in [2.24, 2.45) is 0 Å². The monoisotopic (exact) mass is 470 g/mol. The highest BCUT2D eigenvalue weighted by molar-refractivity contribution is 6.00. The molecule has 0 unspecified atom stereocenters. The van der Waals surface area contributed by atoms with Crippen molar-refractivity contribution in [1.82, 2.24) is 5.32 Å². The van der Waals surface area contributed by atoms with E-state index >= 15 is 0 Å². The van der Waals surface area contributed by atoms with Crippen molar-refractivity contribution in [2.45, 2.75) is 19.1 Å². The topological polar surface area (TPSA) is 119 Å². The van der Waals surface area contributed by atoms with Crippen LogP contribution in [0, 0.1) is 10.1 Å². The third kappa shape index (κ3) is 6.00. The van der Waals surface area contributed by atoms with Crippen LogP contribution in [0.25, 0.3) is 10.8 Å². The first kappa shape index (κ1) is 23.4. The van der Waals surface area contributed by atoms with Gasteiger partial charge < -0.3 is 15.2 Å². The van der Waals surface area contributed by atoms with Gasteiger partial charge in [0.15, 0.2) is 0 Å². The van der Waals surface area contributed by atoms with Crippen molar-refractivity contribution in [1.29, 1.82) is 0 Å². The van der Waals surface area contributed by atoms with Gasteiger partial charge in [0, 0.05) is 24.1 Å². The summed E-state index contributed by atoms with van der Waals surface area (Å²) in [7, 11) is 0. The normalized spacial score (nSPS) is 11.5. The van der Waals surface area contributed by atoms with Crippen LogP contribution in [0.1, 0.15) is 21.5 Å². The summed E-state index contributed by atoms with van der Waals surface area (Å²) >= 11 is 0. The molecule has 4 aromatic rings. The van der Waals surface area contributed by atoms with Gasteiger partial charge in [-0.25, -0.2) is 4.79 Å². The predicted octanol–water partition coefficient (Wildman–Crippen LogP) is 4.75. The minimum Gasteiger partial charge on any atom is -0.489 e. The number of nitrogens with one attached hydrogen (secondary N) is 1. The minimum atomic E-state index is -1.20. The number of benzene rings is 4. The number of carboxylic acids is 1. The molecule has 2 N–H and O–H groups in total. The zero-order chi connectivity index (χ0) is 24.8. The van der Waals surface area contributed by atoms with E-state index in [1.54, 1.807) is 18.2 Å². The lowest BCUT2D eigenvalue weighted by Gasteiger charge is -2.15. The Bertz CT molecular complexity index is 1370. The van der Waals surface area contributed by atoms with Crippen molar-refractivity contribution in [3.63, 3.8) is 0 Å². The Morgan fingerprint density at radius 1 is 0.886 bits per heavy atom. The maximum absolute atomic E-state index is 12.8. The second kappa shape index (κ2) is 10.5. The molecule has 1 amide bonds. The number of non-ortho nitro benzene ring substituents is 1. The average Bonchev–Trinajstić information content (AvgIpc) is 2.87. The number of ether oxygens (including phenoxy) is 1. The molecule has 0 aliphatic carbocycles. The molecular formula is C27H22N2O6. The van der Waals surface area contributed by atoms with Gasteiger partial charge in [-0.1, -0.05) is 54.6 Å². The highest BCUT2D eigenvalue weighted by Crippen LogP contribution is 2.23. The number of nitro benzene ring substituents is 1. The quantitative estimate of drug-likeness (QED) is 0.269. The van der Waals surface area contributed by atoms with Crippen LogP contribution in [-0.2, 0) is 17.8 Å². The standard InChI is InChI=1S/C27H22N2O6/c30-26(28-25(27(31)32)14-18-6-11-23(12-7-18)29(33)34)22-9-8-21-16-24(13-10-20(21)15-22)35-17-19-4-2-1-3-5-19/h1-13,15-16,25H,14,17H2,(H,28,30)(H,31,32)/t25-/m0/s1. The molecule has 4 rings (SSSR count). The Balaban J connectivity index is 1.43. The maximum atomic E-state index is 12.8. The fourth-order valence-electron chi connectivity index (χ4n) is 3.63. The summed E-state index contributed by atoms with van der Waals surface area (Å²) in [6.07, 6.45) is -0.00520. The van der Waals surface area contributed by atoms with Crippen LogP contribution in [0.2, 0.25) is 0 Å². The molecule has 1 atom stereocenters. The fraction of sp³-hybridized carbons (Fsp3) is 0.111. The molecule has 35 heavy (non-hydrogen) atoms. The largest absolute Gasteiger partial charge is 0.489 e. The molecule has 0 saturated carbocycles. The maximum Gasteiger partial charge on any atom is 0.326 e. The number of aliphatic carboxylic acids is 1. The van der Waals surface area contributed by atoms with E-state index in [2.05, 4.69) is 5.32 Å². The molecular weight excluding hydrogens is 448 g/mol. The Labute approximate surface area is 200 Å². The SMILES string of the molecule is O=C(N[C@@H](Cc1ccc([N+](=O)[O-])cc1)C(=O)O)c1ccc2cc(OCc3ccccc3)ccc2c1. The van der Waals surface area contributed by atoms with Crippen LogP contribution in [0.3, 0.4) is 0 Å². The van der Waals surface area contributed by atoms with Gasteiger partial charge in [0.1, 0.15) is 18.4 Å². The number of nitro groups is 1. The van der Waals surface area contributed by atoms with Crippen molar-refractivity contribution in [3.8, 4) is 5.75 Å². The van der Waals surface area contributed by atoms with E-state index in [1.807, 2.05) is 48.5 Å². The van der Waals surface area contributed by atoms with Crippen LogP contribution >= 0.6 is 0 Å². The molecule has 176 valence electrons. The van der Waals surface area contributed by atoms with Gasteiger partial charge >= 0.3 is 5.97 Å². The number of fused-ring (bicyclic) bond motifs is 1. The third-order valence-electron chi connectivity index (χ3n) is 5.51. The summed E-state index contributed by atoms with van der Waals surface area (Å²) in [6.45, 7) is 0.443. The summed E-state index contributed by atoms with van der Waals surface area (Å²) in [6, 6.07) is 24.8. The Morgan fingerprint density at radius 2 is 1.57 bits per heavy atom. The highest BCUT2D eigenvalue weighted by Gasteiger charge is 2.22. The Hall–Kier alpha value is -4.72. The first-order chi connectivity index (χ1) is 16.9. The van der Waals surface area contributed by atoms with E-state index in [-0.39, 0.29) is 12.1 Å². The number of carbonyl (C=O) groups excluding carboxylic acids is 1. The summed E-state index contributed by atoms with van der Waals surface area (Å²) in [5.41, 5.74) is 1.85. The molecule has 4 aromatic carbocycles. The van der Waals surface area contributed by atoms with Gasteiger partial charge in [-0.3, -0.25) is 14.9 Å². The van der Waals surface area contributed by atoms with Gasteiger partial charge in [-0.15, -0.1) is 0 Å². The molecule has 0 radical (unpaired) electrons. The van der Waals surface area contributed by atoms with Crippen molar-refractivity contribution >= 4 is 28.3 Å². The van der Waals surface area contributed by atoms with Crippen molar-refractivity contribution in [2.75, 3.05) is 0 Å². The highest BCUT2D eigenvalue weighted by atomic mass is 16.6. The van der Waals surface area contributed by atoms with Gasteiger partial charge in [-0.05, 0) is 46.2 Å². The van der Waals surface area contributed by atoms with Crippen LogP contribution in [0.15, 0.2) is 91.0 Å². The van der Waals surface area contributed by atoms with E-state index < -0.39 is 22.8 Å². The number of carboxylic acid groups (broad SMARTS) is 1. The zero-order valence-electron chi connectivity index (χ0n) is 18.6. The van der Waals surface area contributed by atoms with Gasteiger partial charge in [0.05, 0.1) is 4.92 Å². The third-order valence-corrected chi connectivity index (χ3v) is 5.51. The van der Waals surface area contributed by atoms with Gasteiger partial charge in [0.2, 0.25) is 0 Å². The number of rotatable bonds is 9. The van der Waals surface area contributed by atoms with E-state index in [0.717, 1.165) is 16.3 Å². The number of nitrogens with zero attached hydrogens (tertiary/aromatic N) is 1. The summed E-state index contributed by atoms with van der Waals surface area (Å²) in [4.78, 5) is 34.8. The molecule has 8 nitrogen and oxygen atoms in total. The Morgan fingerprint density at radius 3 is 2.26 bits per heavy atom. The molecule has 0 spiro atoms. The van der Waals surface area contributed by atoms with Crippen molar-refractivity contribution in [3.05, 3.63) is 118 Å². The molecule has 0 aliphatic rings. The lowest BCUT2D eigenvalue weighted by Crippen LogP contribution is -2.42. The van der Waals surface area contributed by atoms with Gasteiger partial charge in [-0.2, -0.15) is 0 Å². The summed E-state index contributed by atoms with van der Waals surface area (Å²) < 4.78 is 5.85. The number of hydrogen-bond acceptors (Lipinski definition) is 5. The minimum absolute atomic E-state index is 0.00520. The zero-order valence-corrected chi connectivity index (χ0v) is 18.6. The van der Waals surface area contributed by atoms with Crippen LogP contribution in [0.5, 0.6) is 5.75 Å². The summed E-state index contributed by atoms with van der Waals surface area (Å²) in [5.74, 6) is -1.02. The predicted molar refractivity (Wildman–Crippen MR) is 130 cm³/mol. The van der Waals surface area contributed by atoms with Crippen LogP contribution in [0.4, 0.5) is 5.69 Å². The molecule has 8 heteroatoms. The molecule has 0 heterocycles. The van der Waals surface area contributed by atoms with Crippen LogP contribution in [-0.4, -0.2) is 27.9 Å². The second-order valence-corrected chi connectivity index (χ2v) is 7.99. The lowest BCUT2D eigenvalue weighted by atomic mass is 10.0.